The standard InChI is InChI=1S/C18H24N2O3/c1-5-7-20(4)18(21)14-10-13-15(22-6-2)9-12-8-11(3)23-17(12)16(13)19-14/h9-11,19H,5-8H2,1-4H3/t11-/m0/s1. The lowest BCUT2D eigenvalue weighted by Gasteiger charge is -2.14. The minimum Gasteiger partial charge on any atom is -0.493 e. The summed E-state index contributed by atoms with van der Waals surface area (Å²) >= 11 is 0. The van der Waals surface area contributed by atoms with Crippen LogP contribution in [0.25, 0.3) is 10.9 Å². The van der Waals surface area contributed by atoms with E-state index in [1.165, 1.54) is 0 Å². The maximum Gasteiger partial charge on any atom is 0.270 e. The number of nitrogens with zero attached hydrogens (tertiary/aromatic N) is 1. The van der Waals surface area contributed by atoms with Gasteiger partial charge in [0.25, 0.3) is 5.91 Å². The van der Waals surface area contributed by atoms with Crippen LogP contribution in [-0.4, -0.2) is 42.1 Å². The van der Waals surface area contributed by atoms with Gasteiger partial charge in [-0.1, -0.05) is 6.92 Å². The fraction of sp³-hybridized carbons (Fsp3) is 0.500. The first-order valence-electron chi connectivity index (χ1n) is 8.28. The van der Waals surface area contributed by atoms with E-state index in [9.17, 15) is 4.79 Å². The van der Waals surface area contributed by atoms with E-state index in [1.54, 1.807) is 4.90 Å². The largest absolute Gasteiger partial charge is 0.493 e. The van der Waals surface area contributed by atoms with Crippen LogP contribution in [0, 0.1) is 0 Å². The van der Waals surface area contributed by atoms with Crippen molar-refractivity contribution in [2.24, 2.45) is 0 Å². The molecule has 0 radical (unpaired) electrons. The Kier molecular flexibility index (Phi) is 4.20. The Morgan fingerprint density at radius 2 is 2.22 bits per heavy atom. The highest BCUT2D eigenvalue weighted by molar-refractivity contribution is 6.02. The third-order valence-corrected chi connectivity index (χ3v) is 4.17. The lowest BCUT2D eigenvalue weighted by molar-refractivity contribution is 0.0790. The molecule has 124 valence electrons. The Hall–Kier alpha value is -2.17. The molecule has 5 nitrogen and oxygen atoms in total. The highest BCUT2D eigenvalue weighted by atomic mass is 16.5. The minimum absolute atomic E-state index is 0.00899. The summed E-state index contributed by atoms with van der Waals surface area (Å²) < 4.78 is 11.7. The maximum absolute atomic E-state index is 12.6. The van der Waals surface area contributed by atoms with Crippen LogP contribution >= 0.6 is 0 Å². The fourth-order valence-electron chi connectivity index (χ4n) is 3.16. The van der Waals surface area contributed by atoms with Crippen molar-refractivity contribution in [1.29, 1.82) is 0 Å². The van der Waals surface area contributed by atoms with Crippen molar-refractivity contribution in [3.8, 4) is 11.5 Å². The van der Waals surface area contributed by atoms with Crippen molar-refractivity contribution in [2.75, 3.05) is 20.2 Å². The third kappa shape index (κ3) is 2.76. The second-order valence-electron chi connectivity index (χ2n) is 6.13. The number of nitrogens with one attached hydrogen (secondary N) is 1. The molecule has 0 bridgehead atoms. The van der Waals surface area contributed by atoms with Crippen LogP contribution in [-0.2, 0) is 6.42 Å². The Labute approximate surface area is 136 Å². The van der Waals surface area contributed by atoms with E-state index in [0.717, 1.165) is 47.4 Å². The van der Waals surface area contributed by atoms with Crippen LogP contribution in [0.1, 0.15) is 43.2 Å². The molecule has 0 unspecified atom stereocenters. The molecule has 5 heteroatoms. The number of H-pyrrole nitrogens is 1. The summed E-state index contributed by atoms with van der Waals surface area (Å²) in [6.07, 6.45) is 1.95. The Balaban J connectivity index is 2.09. The van der Waals surface area contributed by atoms with E-state index >= 15 is 0 Å². The van der Waals surface area contributed by atoms with E-state index in [0.29, 0.717) is 12.3 Å². The Morgan fingerprint density at radius 1 is 1.43 bits per heavy atom. The number of aromatic amines is 1. The SMILES string of the molecule is CCCN(C)C(=O)c1cc2c(OCC)cc3c(c2[nH]1)O[C@@H](C)C3. The summed E-state index contributed by atoms with van der Waals surface area (Å²) in [5.41, 5.74) is 2.58. The van der Waals surface area contributed by atoms with Gasteiger partial charge in [0.2, 0.25) is 0 Å². The fourth-order valence-corrected chi connectivity index (χ4v) is 3.16. The van der Waals surface area contributed by atoms with Crippen molar-refractivity contribution in [3.05, 3.63) is 23.4 Å². The minimum atomic E-state index is -0.00899. The number of amides is 1. The van der Waals surface area contributed by atoms with E-state index in [2.05, 4.69) is 18.8 Å². The molecule has 0 saturated carbocycles. The molecule has 1 aliphatic heterocycles. The van der Waals surface area contributed by atoms with Crippen LogP contribution in [0.15, 0.2) is 12.1 Å². The molecular weight excluding hydrogens is 292 g/mol. The van der Waals surface area contributed by atoms with E-state index < -0.39 is 0 Å². The molecule has 1 aliphatic rings. The van der Waals surface area contributed by atoms with E-state index in [4.69, 9.17) is 9.47 Å². The number of hydrogen-bond donors (Lipinski definition) is 1. The second-order valence-corrected chi connectivity index (χ2v) is 6.13. The number of benzene rings is 1. The molecule has 0 spiro atoms. The number of fused-ring (bicyclic) bond motifs is 3. The number of carbonyl (C=O) groups excluding carboxylic acids is 1. The van der Waals surface area contributed by atoms with Gasteiger partial charge in [0, 0.05) is 31.0 Å². The normalized spacial score (nSPS) is 16.3. The lowest BCUT2D eigenvalue weighted by Crippen LogP contribution is -2.27. The zero-order valence-corrected chi connectivity index (χ0v) is 14.2. The molecule has 0 fully saturated rings. The Morgan fingerprint density at radius 3 is 2.91 bits per heavy atom. The number of hydrogen-bond acceptors (Lipinski definition) is 3. The molecule has 1 aromatic carbocycles. The van der Waals surface area contributed by atoms with Crippen LogP contribution in [0.4, 0.5) is 0 Å². The molecule has 23 heavy (non-hydrogen) atoms. The van der Waals surface area contributed by atoms with Crippen molar-refractivity contribution in [2.45, 2.75) is 39.7 Å². The van der Waals surface area contributed by atoms with Gasteiger partial charge in [-0.3, -0.25) is 4.79 Å². The van der Waals surface area contributed by atoms with Crippen molar-refractivity contribution in [1.82, 2.24) is 9.88 Å². The average Bonchev–Trinajstić information content (AvgIpc) is 3.10. The van der Waals surface area contributed by atoms with Crippen molar-refractivity contribution in [3.63, 3.8) is 0 Å². The summed E-state index contributed by atoms with van der Waals surface area (Å²) in [4.78, 5) is 17.5. The van der Waals surface area contributed by atoms with E-state index in [1.807, 2.05) is 26.1 Å². The van der Waals surface area contributed by atoms with Gasteiger partial charge < -0.3 is 19.4 Å². The monoisotopic (exact) mass is 316 g/mol. The second kappa shape index (κ2) is 6.14. The van der Waals surface area contributed by atoms with Gasteiger partial charge >= 0.3 is 0 Å². The summed E-state index contributed by atoms with van der Waals surface area (Å²) in [7, 11) is 1.82. The van der Waals surface area contributed by atoms with Crippen molar-refractivity contribution < 1.29 is 14.3 Å². The quantitative estimate of drug-likeness (QED) is 0.920. The molecule has 0 saturated heterocycles. The molecule has 2 aromatic rings. The zero-order chi connectivity index (χ0) is 16.6. The number of carbonyl (C=O) groups is 1. The van der Waals surface area contributed by atoms with Gasteiger partial charge in [-0.15, -0.1) is 0 Å². The zero-order valence-electron chi connectivity index (χ0n) is 14.2. The van der Waals surface area contributed by atoms with Crippen molar-refractivity contribution >= 4 is 16.8 Å². The van der Waals surface area contributed by atoms with Crippen LogP contribution in [0.2, 0.25) is 0 Å². The smallest absolute Gasteiger partial charge is 0.270 e. The topological polar surface area (TPSA) is 54.6 Å². The molecule has 1 aromatic heterocycles. The predicted octanol–water partition coefficient (Wildman–Crippen LogP) is 3.37. The van der Waals surface area contributed by atoms with Gasteiger partial charge in [-0.25, -0.2) is 0 Å². The highest BCUT2D eigenvalue weighted by Gasteiger charge is 2.26. The van der Waals surface area contributed by atoms with Gasteiger partial charge in [0.15, 0.2) is 0 Å². The predicted molar refractivity (Wildman–Crippen MR) is 90.5 cm³/mol. The van der Waals surface area contributed by atoms with Gasteiger partial charge in [-0.05, 0) is 32.4 Å². The summed E-state index contributed by atoms with van der Waals surface area (Å²) in [5, 5.41) is 0.910. The first-order valence-corrected chi connectivity index (χ1v) is 8.28. The summed E-state index contributed by atoms with van der Waals surface area (Å²) in [6.45, 7) is 7.40. The third-order valence-electron chi connectivity index (χ3n) is 4.17. The average molecular weight is 316 g/mol. The summed E-state index contributed by atoms with van der Waals surface area (Å²) in [6, 6.07) is 3.92. The summed E-state index contributed by atoms with van der Waals surface area (Å²) in [5.74, 6) is 1.66. The number of rotatable bonds is 5. The molecule has 0 aliphatic carbocycles. The van der Waals surface area contributed by atoms with Crippen LogP contribution in [0.5, 0.6) is 11.5 Å². The number of ether oxygens (including phenoxy) is 2. The molecular formula is C18H24N2O3. The maximum atomic E-state index is 12.6. The Bertz CT molecular complexity index is 735. The molecule has 1 atom stereocenters. The van der Waals surface area contributed by atoms with E-state index in [-0.39, 0.29) is 12.0 Å². The van der Waals surface area contributed by atoms with Gasteiger partial charge in [0.05, 0.1) is 12.1 Å². The molecule has 2 heterocycles. The van der Waals surface area contributed by atoms with Crippen LogP contribution < -0.4 is 9.47 Å². The molecule has 1 N–H and O–H groups in total. The highest BCUT2D eigenvalue weighted by Crippen LogP contribution is 2.41. The van der Waals surface area contributed by atoms with Crippen LogP contribution in [0.3, 0.4) is 0 Å². The lowest BCUT2D eigenvalue weighted by atomic mass is 10.1. The first-order chi connectivity index (χ1) is 11.0. The number of aromatic nitrogens is 1. The molecule has 3 rings (SSSR count). The first kappa shape index (κ1) is 15.7. The molecule has 1 amide bonds. The van der Waals surface area contributed by atoms with Gasteiger partial charge in [0.1, 0.15) is 23.3 Å². The van der Waals surface area contributed by atoms with Gasteiger partial charge in [-0.2, -0.15) is 0 Å².